The van der Waals surface area contributed by atoms with E-state index in [1.807, 2.05) is 23.8 Å². The van der Waals surface area contributed by atoms with Crippen LogP contribution in [-0.4, -0.2) is 27.6 Å². The van der Waals surface area contributed by atoms with Gasteiger partial charge in [-0.25, -0.2) is 9.97 Å². The van der Waals surface area contributed by atoms with E-state index >= 15 is 0 Å². The van der Waals surface area contributed by atoms with Crippen LogP contribution in [0.25, 0.3) is 5.82 Å². The van der Waals surface area contributed by atoms with Gasteiger partial charge >= 0.3 is 0 Å². The van der Waals surface area contributed by atoms with E-state index in [4.69, 9.17) is 9.15 Å². The standard InChI is InChI=1S/C16H16N4O3/c1-11-17-7-8-20(11)15-6-3-12(9-18-15)19-16(21)14-5-4-13(23-14)10-22-2/h3-9H,10H2,1-2H3,(H,19,21). The molecular formula is C16H16N4O3. The van der Waals surface area contributed by atoms with Crippen LogP contribution in [0.2, 0.25) is 0 Å². The van der Waals surface area contributed by atoms with E-state index in [1.54, 1.807) is 37.7 Å². The van der Waals surface area contributed by atoms with E-state index in [9.17, 15) is 4.79 Å². The lowest BCUT2D eigenvalue weighted by atomic mass is 10.3. The molecule has 3 rings (SSSR count). The summed E-state index contributed by atoms with van der Waals surface area (Å²) in [7, 11) is 1.57. The number of rotatable bonds is 5. The number of imidazole rings is 1. The summed E-state index contributed by atoms with van der Waals surface area (Å²) < 4.78 is 12.2. The van der Waals surface area contributed by atoms with E-state index in [0.29, 0.717) is 18.1 Å². The molecule has 0 unspecified atom stereocenters. The van der Waals surface area contributed by atoms with E-state index in [-0.39, 0.29) is 11.7 Å². The van der Waals surface area contributed by atoms with Crippen molar-refractivity contribution in [2.75, 3.05) is 12.4 Å². The van der Waals surface area contributed by atoms with Crippen molar-refractivity contribution < 1.29 is 13.9 Å². The van der Waals surface area contributed by atoms with Crippen LogP contribution in [0.15, 0.2) is 47.3 Å². The Bertz CT molecular complexity index is 805. The SMILES string of the molecule is COCc1ccc(C(=O)Nc2ccc(-n3ccnc3C)nc2)o1. The number of nitrogens with zero attached hydrogens (tertiary/aromatic N) is 3. The molecular weight excluding hydrogens is 296 g/mol. The van der Waals surface area contributed by atoms with Crippen LogP contribution in [-0.2, 0) is 11.3 Å². The quantitative estimate of drug-likeness (QED) is 0.783. The van der Waals surface area contributed by atoms with Crippen LogP contribution < -0.4 is 5.32 Å². The molecule has 0 spiro atoms. The van der Waals surface area contributed by atoms with E-state index in [1.165, 1.54) is 0 Å². The molecule has 3 aromatic rings. The number of anilines is 1. The summed E-state index contributed by atoms with van der Waals surface area (Å²) in [5.74, 6) is 2.07. The van der Waals surface area contributed by atoms with E-state index in [0.717, 1.165) is 11.6 Å². The Morgan fingerprint density at radius 2 is 2.17 bits per heavy atom. The second-order valence-corrected chi connectivity index (χ2v) is 4.90. The lowest BCUT2D eigenvalue weighted by Gasteiger charge is -2.06. The van der Waals surface area contributed by atoms with Gasteiger partial charge in [-0.3, -0.25) is 9.36 Å². The fraction of sp³-hybridized carbons (Fsp3) is 0.188. The second-order valence-electron chi connectivity index (χ2n) is 4.90. The predicted molar refractivity (Wildman–Crippen MR) is 83.5 cm³/mol. The van der Waals surface area contributed by atoms with Gasteiger partial charge < -0.3 is 14.5 Å². The number of furan rings is 1. The fourth-order valence-electron chi connectivity index (χ4n) is 2.14. The van der Waals surface area contributed by atoms with Gasteiger partial charge in [-0.05, 0) is 31.2 Å². The molecule has 3 heterocycles. The summed E-state index contributed by atoms with van der Waals surface area (Å²) in [6.07, 6.45) is 5.13. The average molecular weight is 312 g/mol. The lowest BCUT2D eigenvalue weighted by Crippen LogP contribution is -2.11. The first-order chi connectivity index (χ1) is 11.2. The maximum absolute atomic E-state index is 12.1. The Balaban J connectivity index is 1.70. The molecule has 0 saturated heterocycles. The fourth-order valence-corrected chi connectivity index (χ4v) is 2.14. The predicted octanol–water partition coefficient (Wildman–Crippen LogP) is 2.57. The van der Waals surface area contributed by atoms with E-state index < -0.39 is 0 Å². The summed E-state index contributed by atoms with van der Waals surface area (Å²) in [6, 6.07) is 6.91. The number of pyridine rings is 1. The van der Waals surface area contributed by atoms with E-state index in [2.05, 4.69) is 15.3 Å². The second kappa shape index (κ2) is 6.45. The molecule has 1 amide bonds. The van der Waals surface area contributed by atoms with Crippen molar-refractivity contribution in [2.45, 2.75) is 13.5 Å². The van der Waals surface area contributed by atoms with Crippen LogP contribution in [0.1, 0.15) is 22.1 Å². The van der Waals surface area contributed by atoms with Gasteiger partial charge in [0.1, 0.15) is 24.0 Å². The number of aryl methyl sites for hydroxylation is 1. The minimum atomic E-state index is -0.333. The van der Waals surface area contributed by atoms with Crippen LogP contribution in [0.3, 0.4) is 0 Å². The van der Waals surface area contributed by atoms with Crippen molar-refractivity contribution in [1.29, 1.82) is 0 Å². The molecule has 3 aromatic heterocycles. The molecule has 23 heavy (non-hydrogen) atoms. The highest BCUT2D eigenvalue weighted by molar-refractivity contribution is 6.02. The zero-order valence-electron chi connectivity index (χ0n) is 12.8. The van der Waals surface area contributed by atoms with Gasteiger partial charge in [0.25, 0.3) is 5.91 Å². The Hall–Kier alpha value is -2.93. The molecule has 0 fully saturated rings. The smallest absolute Gasteiger partial charge is 0.291 e. The van der Waals surface area contributed by atoms with Gasteiger partial charge in [0.2, 0.25) is 0 Å². The molecule has 0 bridgehead atoms. The Morgan fingerprint density at radius 1 is 1.30 bits per heavy atom. The molecule has 0 aliphatic rings. The number of amides is 1. The first-order valence-electron chi connectivity index (χ1n) is 7.03. The summed E-state index contributed by atoms with van der Waals surface area (Å²) in [6.45, 7) is 2.22. The molecule has 7 nitrogen and oxygen atoms in total. The van der Waals surface area contributed by atoms with Crippen LogP contribution >= 0.6 is 0 Å². The van der Waals surface area contributed by atoms with Gasteiger partial charge in [-0.1, -0.05) is 0 Å². The number of nitrogens with one attached hydrogen (secondary N) is 1. The lowest BCUT2D eigenvalue weighted by molar-refractivity contribution is 0.0987. The zero-order valence-corrected chi connectivity index (χ0v) is 12.8. The monoisotopic (exact) mass is 312 g/mol. The molecule has 0 saturated carbocycles. The highest BCUT2D eigenvalue weighted by Gasteiger charge is 2.12. The largest absolute Gasteiger partial charge is 0.453 e. The van der Waals surface area contributed by atoms with Gasteiger partial charge in [-0.15, -0.1) is 0 Å². The first-order valence-corrected chi connectivity index (χ1v) is 7.03. The van der Waals surface area contributed by atoms with Gasteiger partial charge in [0.15, 0.2) is 5.76 Å². The molecule has 0 aliphatic heterocycles. The van der Waals surface area contributed by atoms with Crippen molar-refractivity contribution >= 4 is 11.6 Å². The van der Waals surface area contributed by atoms with Crippen molar-refractivity contribution in [3.8, 4) is 5.82 Å². The van der Waals surface area contributed by atoms with Crippen molar-refractivity contribution in [3.63, 3.8) is 0 Å². The minimum absolute atomic E-state index is 0.228. The Labute approximate surface area is 132 Å². The number of carbonyl (C=O) groups excluding carboxylic acids is 1. The van der Waals surface area contributed by atoms with Crippen molar-refractivity contribution in [1.82, 2.24) is 14.5 Å². The Kier molecular flexibility index (Phi) is 4.20. The molecule has 1 N–H and O–H groups in total. The number of methoxy groups -OCH3 is 1. The maximum Gasteiger partial charge on any atom is 0.291 e. The van der Waals surface area contributed by atoms with Gasteiger partial charge in [0.05, 0.1) is 11.9 Å². The highest BCUT2D eigenvalue weighted by Crippen LogP contribution is 2.14. The van der Waals surface area contributed by atoms with Gasteiger partial charge in [0, 0.05) is 19.5 Å². The molecule has 0 radical (unpaired) electrons. The number of hydrogen-bond acceptors (Lipinski definition) is 5. The minimum Gasteiger partial charge on any atom is -0.453 e. The molecule has 0 aromatic carbocycles. The third kappa shape index (κ3) is 3.29. The average Bonchev–Trinajstić information content (AvgIpc) is 3.18. The zero-order chi connectivity index (χ0) is 16.2. The number of ether oxygens (including phenoxy) is 1. The number of aromatic nitrogens is 3. The van der Waals surface area contributed by atoms with Crippen molar-refractivity contribution in [3.05, 3.63) is 60.2 Å². The molecule has 118 valence electrons. The highest BCUT2D eigenvalue weighted by atomic mass is 16.5. The maximum atomic E-state index is 12.1. The topological polar surface area (TPSA) is 82.2 Å². The van der Waals surface area contributed by atoms with Crippen LogP contribution in [0.5, 0.6) is 0 Å². The third-order valence-corrected chi connectivity index (χ3v) is 3.25. The number of carbonyl (C=O) groups is 1. The van der Waals surface area contributed by atoms with Gasteiger partial charge in [-0.2, -0.15) is 0 Å². The summed E-state index contributed by atoms with van der Waals surface area (Å²) in [4.78, 5) is 20.6. The van der Waals surface area contributed by atoms with Crippen molar-refractivity contribution in [2.24, 2.45) is 0 Å². The number of hydrogen-bond donors (Lipinski definition) is 1. The summed E-state index contributed by atoms with van der Waals surface area (Å²) >= 11 is 0. The molecule has 0 aliphatic carbocycles. The van der Waals surface area contributed by atoms with Crippen LogP contribution in [0, 0.1) is 6.92 Å². The first kappa shape index (κ1) is 15.0. The summed E-state index contributed by atoms with van der Waals surface area (Å²) in [5, 5.41) is 2.74. The normalized spacial score (nSPS) is 10.7. The summed E-state index contributed by atoms with van der Waals surface area (Å²) in [5.41, 5.74) is 0.584. The molecule has 7 heteroatoms. The third-order valence-electron chi connectivity index (χ3n) is 3.25. The Morgan fingerprint density at radius 3 is 2.83 bits per heavy atom. The molecule has 0 atom stereocenters. The van der Waals surface area contributed by atoms with Crippen LogP contribution in [0.4, 0.5) is 5.69 Å².